The van der Waals surface area contributed by atoms with E-state index in [1.165, 1.54) is 0 Å². The molecule has 1 fully saturated rings. The van der Waals surface area contributed by atoms with Crippen molar-refractivity contribution in [1.29, 1.82) is 0 Å². The topological polar surface area (TPSA) is 66.4 Å². The summed E-state index contributed by atoms with van der Waals surface area (Å²) < 4.78 is 0. The summed E-state index contributed by atoms with van der Waals surface area (Å²) in [5.74, 6) is -0.331. The van der Waals surface area contributed by atoms with Crippen LogP contribution >= 0.6 is 0 Å². The molecule has 104 valence electrons. The van der Waals surface area contributed by atoms with Crippen molar-refractivity contribution >= 4 is 11.9 Å². The average Bonchev–Trinajstić information content (AvgIpc) is 2.95. The van der Waals surface area contributed by atoms with E-state index in [2.05, 4.69) is 26.1 Å². The van der Waals surface area contributed by atoms with E-state index in [0.29, 0.717) is 12.3 Å². The van der Waals surface area contributed by atoms with Crippen LogP contribution in [0.2, 0.25) is 0 Å². The summed E-state index contributed by atoms with van der Waals surface area (Å²) in [7, 11) is 0. The molecule has 4 nitrogen and oxygen atoms in total. The molecule has 0 saturated heterocycles. The van der Waals surface area contributed by atoms with Crippen LogP contribution in [0.1, 0.15) is 53.4 Å². The Morgan fingerprint density at radius 2 is 1.89 bits per heavy atom. The Morgan fingerprint density at radius 3 is 2.28 bits per heavy atom. The molecule has 0 spiro atoms. The molecule has 0 aliphatic heterocycles. The number of hydrogen-bond donors (Lipinski definition) is 2. The highest BCUT2D eigenvalue weighted by atomic mass is 16.4. The summed E-state index contributed by atoms with van der Waals surface area (Å²) in [5, 5.41) is 11.8. The minimum absolute atomic E-state index is 0.000394. The van der Waals surface area contributed by atoms with Crippen molar-refractivity contribution in [2.24, 2.45) is 17.3 Å². The van der Waals surface area contributed by atoms with Gasteiger partial charge in [0.25, 0.3) is 0 Å². The maximum atomic E-state index is 12.0. The third kappa shape index (κ3) is 5.52. The third-order valence-corrected chi connectivity index (χ3v) is 3.37. The van der Waals surface area contributed by atoms with Gasteiger partial charge in [0, 0.05) is 12.0 Å². The Morgan fingerprint density at radius 1 is 1.33 bits per heavy atom. The van der Waals surface area contributed by atoms with Gasteiger partial charge in [-0.05, 0) is 30.6 Å². The maximum absolute atomic E-state index is 12.0. The molecule has 2 unspecified atom stereocenters. The van der Waals surface area contributed by atoms with E-state index in [0.717, 1.165) is 12.8 Å². The minimum Gasteiger partial charge on any atom is -0.481 e. The van der Waals surface area contributed by atoms with E-state index in [-0.39, 0.29) is 29.7 Å². The SMILES string of the molecule is CC(C(=O)NC(CC(=O)O)CC(C)(C)C)C1CC1. The van der Waals surface area contributed by atoms with E-state index in [1.54, 1.807) is 0 Å². The quantitative estimate of drug-likeness (QED) is 0.766. The molecular weight excluding hydrogens is 230 g/mol. The number of amides is 1. The predicted molar refractivity (Wildman–Crippen MR) is 70.1 cm³/mol. The summed E-state index contributed by atoms with van der Waals surface area (Å²) in [6.45, 7) is 8.09. The fourth-order valence-corrected chi connectivity index (χ4v) is 2.27. The first-order valence-corrected chi connectivity index (χ1v) is 6.71. The Labute approximate surface area is 109 Å². The predicted octanol–water partition coefficient (Wildman–Crippen LogP) is 2.43. The molecule has 1 rings (SSSR count). The van der Waals surface area contributed by atoms with Crippen LogP contribution in [0.5, 0.6) is 0 Å². The van der Waals surface area contributed by atoms with Gasteiger partial charge in [0.15, 0.2) is 0 Å². The maximum Gasteiger partial charge on any atom is 0.305 e. The number of carbonyl (C=O) groups excluding carboxylic acids is 1. The summed E-state index contributed by atoms with van der Waals surface area (Å²) in [6.07, 6.45) is 2.93. The van der Waals surface area contributed by atoms with E-state index in [9.17, 15) is 9.59 Å². The summed E-state index contributed by atoms with van der Waals surface area (Å²) in [6, 6.07) is -0.267. The van der Waals surface area contributed by atoms with E-state index in [1.807, 2.05) is 6.92 Å². The smallest absolute Gasteiger partial charge is 0.305 e. The molecule has 1 amide bonds. The van der Waals surface area contributed by atoms with Gasteiger partial charge in [0.2, 0.25) is 5.91 Å². The fourth-order valence-electron chi connectivity index (χ4n) is 2.27. The molecule has 2 atom stereocenters. The number of carboxylic acid groups (broad SMARTS) is 1. The second-order valence-electron chi connectivity index (χ2n) is 6.69. The van der Waals surface area contributed by atoms with E-state index >= 15 is 0 Å². The Kier molecular flexibility index (Phi) is 4.77. The van der Waals surface area contributed by atoms with Gasteiger partial charge < -0.3 is 10.4 Å². The number of hydrogen-bond acceptors (Lipinski definition) is 2. The van der Waals surface area contributed by atoms with E-state index in [4.69, 9.17) is 5.11 Å². The fraction of sp³-hybridized carbons (Fsp3) is 0.857. The van der Waals surface area contributed by atoms with Crippen LogP contribution < -0.4 is 5.32 Å². The van der Waals surface area contributed by atoms with Gasteiger partial charge in [-0.2, -0.15) is 0 Å². The molecule has 2 N–H and O–H groups in total. The molecule has 1 aliphatic rings. The number of nitrogens with one attached hydrogen (secondary N) is 1. The third-order valence-electron chi connectivity index (χ3n) is 3.37. The van der Waals surface area contributed by atoms with Crippen LogP contribution in [0.25, 0.3) is 0 Å². The lowest BCUT2D eigenvalue weighted by atomic mass is 9.86. The molecule has 1 saturated carbocycles. The number of carbonyl (C=O) groups is 2. The molecule has 4 heteroatoms. The van der Waals surface area contributed by atoms with Gasteiger partial charge >= 0.3 is 5.97 Å². The molecule has 0 bridgehead atoms. The van der Waals surface area contributed by atoms with Crippen molar-refractivity contribution in [1.82, 2.24) is 5.32 Å². The molecule has 0 radical (unpaired) electrons. The first kappa shape index (κ1) is 15.0. The normalized spacial score (nSPS) is 19.1. The molecule has 0 aromatic rings. The first-order chi connectivity index (χ1) is 8.19. The second kappa shape index (κ2) is 5.72. The standard InChI is InChI=1S/C14H25NO3/c1-9(10-5-6-10)13(18)15-11(7-12(16)17)8-14(2,3)4/h9-11H,5-8H2,1-4H3,(H,15,18)(H,16,17). The Bertz CT molecular complexity index is 315. The summed E-state index contributed by atoms with van der Waals surface area (Å²) in [4.78, 5) is 22.8. The lowest BCUT2D eigenvalue weighted by molar-refractivity contribution is -0.138. The van der Waals surface area contributed by atoms with Gasteiger partial charge in [-0.15, -0.1) is 0 Å². The summed E-state index contributed by atoms with van der Waals surface area (Å²) >= 11 is 0. The highest BCUT2D eigenvalue weighted by Crippen LogP contribution is 2.36. The van der Waals surface area contributed by atoms with Crippen LogP contribution in [0.4, 0.5) is 0 Å². The van der Waals surface area contributed by atoms with E-state index < -0.39 is 5.97 Å². The molecule has 0 aromatic heterocycles. The van der Waals surface area contributed by atoms with Crippen LogP contribution in [0.15, 0.2) is 0 Å². The van der Waals surface area contributed by atoms with Gasteiger partial charge in [-0.3, -0.25) is 9.59 Å². The van der Waals surface area contributed by atoms with Crippen LogP contribution in [0, 0.1) is 17.3 Å². The molecular formula is C14H25NO3. The number of carboxylic acids is 1. The minimum atomic E-state index is -0.858. The van der Waals surface area contributed by atoms with Crippen molar-refractivity contribution in [2.75, 3.05) is 0 Å². The van der Waals surface area contributed by atoms with Crippen LogP contribution in [0.3, 0.4) is 0 Å². The van der Waals surface area contributed by atoms with Crippen molar-refractivity contribution in [3.63, 3.8) is 0 Å². The zero-order chi connectivity index (χ0) is 13.9. The second-order valence-corrected chi connectivity index (χ2v) is 6.69. The lowest BCUT2D eigenvalue weighted by Crippen LogP contribution is -2.42. The molecule has 0 aromatic carbocycles. The lowest BCUT2D eigenvalue weighted by Gasteiger charge is -2.27. The Balaban J connectivity index is 2.53. The van der Waals surface area contributed by atoms with Gasteiger partial charge in [-0.1, -0.05) is 27.7 Å². The number of aliphatic carboxylic acids is 1. The van der Waals surface area contributed by atoms with Gasteiger partial charge in [-0.25, -0.2) is 0 Å². The number of rotatable bonds is 6. The summed E-state index contributed by atoms with van der Waals surface area (Å²) in [5.41, 5.74) is 0.0101. The zero-order valence-corrected chi connectivity index (χ0v) is 11.8. The highest BCUT2D eigenvalue weighted by Gasteiger charge is 2.34. The molecule has 0 heterocycles. The monoisotopic (exact) mass is 255 g/mol. The van der Waals surface area contributed by atoms with Crippen molar-refractivity contribution < 1.29 is 14.7 Å². The first-order valence-electron chi connectivity index (χ1n) is 6.71. The van der Waals surface area contributed by atoms with Gasteiger partial charge in [0.1, 0.15) is 0 Å². The largest absolute Gasteiger partial charge is 0.481 e. The van der Waals surface area contributed by atoms with Gasteiger partial charge in [0.05, 0.1) is 6.42 Å². The van der Waals surface area contributed by atoms with Crippen molar-refractivity contribution in [3.8, 4) is 0 Å². The average molecular weight is 255 g/mol. The molecule has 18 heavy (non-hydrogen) atoms. The highest BCUT2D eigenvalue weighted by molar-refractivity contribution is 5.80. The zero-order valence-electron chi connectivity index (χ0n) is 11.8. The Hall–Kier alpha value is -1.06. The molecule has 1 aliphatic carbocycles. The van der Waals surface area contributed by atoms with Crippen molar-refractivity contribution in [2.45, 2.75) is 59.4 Å². The van der Waals surface area contributed by atoms with Crippen molar-refractivity contribution in [3.05, 3.63) is 0 Å². The van der Waals surface area contributed by atoms with Crippen LogP contribution in [-0.4, -0.2) is 23.0 Å². The van der Waals surface area contributed by atoms with Crippen LogP contribution in [-0.2, 0) is 9.59 Å².